The molecular weight excluding hydrogens is 415 g/mol. The Kier molecular flexibility index (Phi) is 7.47. The van der Waals surface area contributed by atoms with Gasteiger partial charge in [-0.15, -0.1) is 12.4 Å². The Bertz CT molecular complexity index is 904. The molecule has 0 atom stereocenters. The van der Waals surface area contributed by atoms with E-state index in [0.717, 1.165) is 50.5 Å². The average molecular weight is 440 g/mol. The van der Waals surface area contributed by atoms with E-state index in [-0.39, 0.29) is 12.4 Å². The third-order valence-electron chi connectivity index (χ3n) is 5.29. The van der Waals surface area contributed by atoms with Crippen LogP contribution in [-0.2, 0) is 6.54 Å². The molecule has 4 rings (SSSR count). The molecule has 4 nitrogen and oxygen atoms in total. The predicted molar refractivity (Wildman–Crippen MR) is 121 cm³/mol. The third kappa shape index (κ3) is 4.74. The lowest BCUT2D eigenvalue weighted by Crippen LogP contribution is -2.46. The van der Waals surface area contributed by atoms with Gasteiger partial charge in [-0.05, 0) is 43.7 Å². The minimum Gasteiger partial charge on any atom is -0.368 e. The van der Waals surface area contributed by atoms with E-state index in [1.165, 1.54) is 18.4 Å². The Labute approximate surface area is 182 Å². The van der Waals surface area contributed by atoms with Crippen molar-refractivity contribution in [3.05, 3.63) is 58.8 Å². The molecule has 2 aromatic carbocycles. The van der Waals surface area contributed by atoms with Crippen LogP contribution in [0.1, 0.15) is 12.8 Å². The number of para-hydroxylation sites is 2. The van der Waals surface area contributed by atoms with Crippen molar-refractivity contribution in [1.29, 1.82) is 0 Å². The van der Waals surface area contributed by atoms with Crippen molar-refractivity contribution in [3.8, 4) is 0 Å². The third-order valence-corrected chi connectivity index (χ3v) is 6.10. The van der Waals surface area contributed by atoms with Crippen molar-refractivity contribution in [3.63, 3.8) is 0 Å². The second-order valence-electron chi connectivity index (χ2n) is 7.04. The summed E-state index contributed by atoms with van der Waals surface area (Å²) < 4.78 is 2.26. The summed E-state index contributed by atoms with van der Waals surface area (Å²) >= 11 is 12.5. The van der Waals surface area contributed by atoms with Crippen LogP contribution in [0.4, 0.5) is 5.69 Å². The van der Waals surface area contributed by atoms with Crippen LogP contribution in [0.15, 0.2) is 48.8 Å². The van der Waals surface area contributed by atoms with E-state index in [0.29, 0.717) is 10.0 Å². The van der Waals surface area contributed by atoms with Gasteiger partial charge in [-0.3, -0.25) is 4.90 Å². The molecule has 0 amide bonds. The first-order valence-electron chi connectivity index (χ1n) is 9.53. The van der Waals surface area contributed by atoms with E-state index in [4.69, 9.17) is 23.2 Å². The van der Waals surface area contributed by atoms with E-state index in [1.807, 2.05) is 24.5 Å². The Morgan fingerprint density at radius 3 is 2.43 bits per heavy atom. The van der Waals surface area contributed by atoms with Gasteiger partial charge in [-0.2, -0.15) is 0 Å². The summed E-state index contributed by atoms with van der Waals surface area (Å²) in [5, 5.41) is 1.30. The number of benzene rings is 2. The molecule has 0 N–H and O–H groups in total. The fourth-order valence-electron chi connectivity index (χ4n) is 3.76. The molecule has 28 heavy (non-hydrogen) atoms. The molecule has 1 saturated heterocycles. The standard InChI is InChI=1S/C21H24Cl2N4.ClH/c22-17-6-5-9-20(21(17)23)26-14-12-25(13-15-26)10-3-4-11-27-16-24-18-7-1-2-8-19(18)27;/h1-2,5-9,16H,3-4,10-15H2;1H. The summed E-state index contributed by atoms with van der Waals surface area (Å²) in [7, 11) is 0. The molecule has 7 heteroatoms. The Hall–Kier alpha value is -1.46. The van der Waals surface area contributed by atoms with Crippen molar-refractivity contribution in [2.24, 2.45) is 0 Å². The van der Waals surface area contributed by atoms with Crippen LogP contribution in [-0.4, -0.2) is 47.2 Å². The van der Waals surface area contributed by atoms with Gasteiger partial charge in [0, 0.05) is 32.7 Å². The number of anilines is 1. The van der Waals surface area contributed by atoms with Crippen LogP contribution in [0.25, 0.3) is 11.0 Å². The molecule has 1 aromatic heterocycles. The van der Waals surface area contributed by atoms with Gasteiger partial charge in [-0.25, -0.2) is 4.98 Å². The van der Waals surface area contributed by atoms with Gasteiger partial charge >= 0.3 is 0 Å². The molecule has 2 heterocycles. The Morgan fingerprint density at radius 2 is 1.61 bits per heavy atom. The van der Waals surface area contributed by atoms with Gasteiger partial charge in [0.1, 0.15) is 0 Å². The lowest BCUT2D eigenvalue weighted by Gasteiger charge is -2.36. The molecule has 0 unspecified atom stereocenters. The highest BCUT2D eigenvalue weighted by molar-refractivity contribution is 6.43. The van der Waals surface area contributed by atoms with Crippen LogP contribution in [0, 0.1) is 0 Å². The quantitative estimate of drug-likeness (QED) is 0.483. The number of aryl methyl sites for hydroxylation is 1. The highest BCUT2D eigenvalue weighted by Gasteiger charge is 2.19. The van der Waals surface area contributed by atoms with E-state index in [2.05, 4.69) is 43.6 Å². The van der Waals surface area contributed by atoms with Gasteiger partial charge in [0.25, 0.3) is 0 Å². The molecule has 3 aromatic rings. The van der Waals surface area contributed by atoms with E-state index in [1.54, 1.807) is 0 Å². The normalized spacial score (nSPS) is 15.0. The van der Waals surface area contributed by atoms with Crippen LogP contribution >= 0.6 is 35.6 Å². The van der Waals surface area contributed by atoms with E-state index in [9.17, 15) is 0 Å². The second-order valence-corrected chi connectivity index (χ2v) is 7.82. The fourth-order valence-corrected chi connectivity index (χ4v) is 4.17. The van der Waals surface area contributed by atoms with Gasteiger partial charge in [0.2, 0.25) is 0 Å². The maximum atomic E-state index is 6.36. The number of hydrogen-bond acceptors (Lipinski definition) is 3. The highest BCUT2D eigenvalue weighted by Crippen LogP contribution is 2.32. The summed E-state index contributed by atoms with van der Waals surface area (Å²) in [6, 6.07) is 14.2. The Morgan fingerprint density at radius 1 is 0.857 bits per heavy atom. The zero-order valence-corrected chi connectivity index (χ0v) is 18.1. The van der Waals surface area contributed by atoms with Crippen molar-refractivity contribution >= 4 is 52.3 Å². The lowest BCUT2D eigenvalue weighted by atomic mass is 10.2. The molecule has 1 fully saturated rings. The molecule has 0 spiro atoms. The summed E-state index contributed by atoms with van der Waals surface area (Å²) in [5.41, 5.74) is 3.36. The molecule has 1 aliphatic heterocycles. The second kappa shape index (κ2) is 9.84. The lowest BCUT2D eigenvalue weighted by molar-refractivity contribution is 0.251. The van der Waals surface area contributed by atoms with E-state index < -0.39 is 0 Å². The number of aromatic nitrogens is 2. The predicted octanol–water partition coefficient (Wildman–Crippen LogP) is 5.37. The number of hydrogen-bond donors (Lipinski definition) is 0. The monoisotopic (exact) mass is 438 g/mol. The summed E-state index contributed by atoms with van der Waals surface area (Å²) in [6.07, 6.45) is 4.32. The molecular formula is C21H25Cl3N4. The first-order chi connectivity index (χ1) is 13.2. The first-order valence-corrected chi connectivity index (χ1v) is 10.3. The fraction of sp³-hybridized carbons (Fsp3) is 0.381. The molecule has 0 aliphatic carbocycles. The number of halogens is 3. The van der Waals surface area contributed by atoms with Crippen molar-refractivity contribution in [1.82, 2.24) is 14.5 Å². The molecule has 150 valence electrons. The van der Waals surface area contributed by atoms with Gasteiger partial charge in [0.15, 0.2) is 0 Å². The van der Waals surface area contributed by atoms with Crippen LogP contribution < -0.4 is 4.90 Å². The molecule has 0 saturated carbocycles. The average Bonchev–Trinajstić information content (AvgIpc) is 3.11. The first kappa shape index (κ1) is 21.3. The zero-order chi connectivity index (χ0) is 18.6. The number of unbranched alkanes of at least 4 members (excludes halogenated alkanes) is 1. The largest absolute Gasteiger partial charge is 0.368 e. The summed E-state index contributed by atoms with van der Waals surface area (Å²) in [4.78, 5) is 9.34. The maximum absolute atomic E-state index is 6.36. The van der Waals surface area contributed by atoms with Crippen LogP contribution in [0.5, 0.6) is 0 Å². The van der Waals surface area contributed by atoms with Crippen LogP contribution in [0.3, 0.4) is 0 Å². The molecule has 1 aliphatic rings. The number of rotatable bonds is 6. The topological polar surface area (TPSA) is 24.3 Å². The highest BCUT2D eigenvalue weighted by atomic mass is 35.5. The maximum Gasteiger partial charge on any atom is 0.0958 e. The van der Waals surface area contributed by atoms with Crippen LogP contribution in [0.2, 0.25) is 10.0 Å². The zero-order valence-electron chi connectivity index (χ0n) is 15.7. The van der Waals surface area contributed by atoms with Gasteiger partial charge in [-0.1, -0.05) is 41.4 Å². The number of fused-ring (bicyclic) bond motifs is 1. The van der Waals surface area contributed by atoms with Crippen molar-refractivity contribution in [2.45, 2.75) is 19.4 Å². The van der Waals surface area contributed by atoms with Gasteiger partial charge in [0.05, 0.1) is 33.1 Å². The Balaban J connectivity index is 0.00000225. The summed E-state index contributed by atoms with van der Waals surface area (Å²) in [6.45, 7) is 6.29. The smallest absolute Gasteiger partial charge is 0.0958 e. The van der Waals surface area contributed by atoms with Crippen molar-refractivity contribution in [2.75, 3.05) is 37.6 Å². The summed E-state index contributed by atoms with van der Waals surface area (Å²) in [5.74, 6) is 0. The van der Waals surface area contributed by atoms with E-state index >= 15 is 0 Å². The number of nitrogens with zero attached hydrogens (tertiary/aromatic N) is 4. The van der Waals surface area contributed by atoms with Crippen molar-refractivity contribution < 1.29 is 0 Å². The molecule has 0 radical (unpaired) electrons. The minimum absolute atomic E-state index is 0. The molecule has 0 bridgehead atoms. The minimum atomic E-state index is 0. The SMILES string of the molecule is Cl.Clc1cccc(N2CCN(CCCCn3cnc4ccccc43)CC2)c1Cl. The number of imidazole rings is 1. The number of piperazine rings is 1. The van der Waals surface area contributed by atoms with Gasteiger partial charge < -0.3 is 9.47 Å².